The maximum absolute atomic E-state index is 12.2. The number of hydrogen-bond donors (Lipinski definition) is 4. The van der Waals surface area contributed by atoms with Gasteiger partial charge in [-0.2, -0.15) is 0 Å². The Kier molecular flexibility index (Phi) is 7.64. The van der Waals surface area contributed by atoms with E-state index in [1.54, 1.807) is 6.26 Å². The van der Waals surface area contributed by atoms with Crippen LogP contribution in [0.5, 0.6) is 0 Å². The fourth-order valence-electron chi connectivity index (χ4n) is 3.54. The Morgan fingerprint density at radius 2 is 1.67 bits per heavy atom. The van der Waals surface area contributed by atoms with E-state index in [1.165, 1.54) is 9.80 Å². The van der Waals surface area contributed by atoms with Crippen molar-refractivity contribution in [2.75, 3.05) is 72.2 Å². The SMILES string of the molecule is O=C(NCC[NH+]1CCOCC1)C(=O)NC[C@@H](c1ccco1)[NH+]1CCOCC1. The van der Waals surface area contributed by atoms with E-state index in [-0.39, 0.29) is 6.04 Å². The van der Waals surface area contributed by atoms with Gasteiger partial charge in [0.25, 0.3) is 0 Å². The Morgan fingerprint density at radius 3 is 2.33 bits per heavy atom. The van der Waals surface area contributed by atoms with E-state index < -0.39 is 11.8 Å². The zero-order valence-electron chi connectivity index (χ0n) is 15.6. The van der Waals surface area contributed by atoms with Crippen LogP contribution in [0.15, 0.2) is 22.8 Å². The molecule has 4 N–H and O–H groups in total. The molecule has 150 valence electrons. The zero-order valence-corrected chi connectivity index (χ0v) is 15.6. The summed E-state index contributed by atoms with van der Waals surface area (Å²) in [6.45, 7) is 8.08. The van der Waals surface area contributed by atoms with Gasteiger partial charge in [-0.1, -0.05) is 0 Å². The topological polar surface area (TPSA) is 98.7 Å². The fraction of sp³-hybridized carbons (Fsp3) is 0.667. The van der Waals surface area contributed by atoms with E-state index in [2.05, 4.69) is 10.6 Å². The van der Waals surface area contributed by atoms with E-state index >= 15 is 0 Å². The predicted octanol–water partition coefficient (Wildman–Crippen LogP) is -3.62. The second-order valence-corrected chi connectivity index (χ2v) is 6.92. The molecule has 9 nitrogen and oxygen atoms in total. The van der Waals surface area contributed by atoms with Crippen molar-refractivity contribution in [1.82, 2.24) is 10.6 Å². The summed E-state index contributed by atoms with van der Waals surface area (Å²) in [6.07, 6.45) is 1.63. The van der Waals surface area contributed by atoms with Gasteiger partial charge in [0, 0.05) is 0 Å². The van der Waals surface area contributed by atoms with Crippen LogP contribution in [0.25, 0.3) is 0 Å². The lowest BCUT2D eigenvalue weighted by molar-refractivity contribution is -0.938. The van der Waals surface area contributed by atoms with Crippen LogP contribution in [-0.4, -0.2) is 84.1 Å². The third kappa shape index (κ3) is 6.03. The van der Waals surface area contributed by atoms with E-state index in [1.807, 2.05) is 12.1 Å². The average molecular weight is 382 g/mol. The van der Waals surface area contributed by atoms with Crippen molar-refractivity contribution in [2.45, 2.75) is 6.04 Å². The number of hydrogen-bond acceptors (Lipinski definition) is 5. The molecule has 27 heavy (non-hydrogen) atoms. The van der Waals surface area contributed by atoms with Crippen LogP contribution in [0.4, 0.5) is 0 Å². The van der Waals surface area contributed by atoms with Gasteiger partial charge in [-0.25, -0.2) is 0 Å². The summed E-state index contributed by atoms with van der Waals surface area (Å²) in [5, 5.41) is 5.46. The third-order valence-electron chi connectivity index (χ3n) is 5.15. The maximum Gasteiger partial charge on any atom is 0.309 e. The van der Waals surface area contributed by atoms with E-state index in [0.717, 1.165) is 51.7 Å². The number of carbonyl (C=O) groups excluding carboxylic acids is 2. The Hall–Kier alpha value is -1.94. The van der Waals surface area contributed by atoms with Crippen molar-refractivity contribution in [3.05, 3.63) is 24.2 Å². The molecule has 0 saturated carbocycles. The number of morpholine rings is 2. The standard InChI is InChI=1S/C18H28N4O5/c23-17(19-3-4-21-5-10-25-11-6-21)18(24)20-14-15(16-2-1-9-27-16)22-7-12-26-13-8-22/h1-2,9,15H,3-8,10-14H2,(H,19,23)(H,20,24)/p+2/t15-/m0/s1. The van der Waals surface area contributed by atoms with Gasteiger partial charge in [0.15, 0.2) is 11.8 Å². The van der Waals surface area contributed by atoms with Crippen LogP contribution in [0.1, 0.15) is 11.8 Å². The molecule has 0 aliphatic carbocycles. The summed E-state index contributed by atoms with van der Waals surface area (Å²) in [5.41, 5.74) is 0. The third-order valence-corrected chi connectivity index (χ3v) is 5.15. The first-order valence-corrected chi connectivity index (χ1v) is 9.67. The minimum atomic E-state index is -0.601. The molecule has 2 aliphatic heterocycles. The maximum atomic E-state index is 12.2. The number of amides is 2. The monoisotopic (exact) mass is 382 g/mol. The van der Waals surface area contributed by atoms with Crippen LogP contribution >= 0.6 is 0 Å². The molecule has 0 aromatic carbocycles. The van der Waals surface area contributed by atoms with Crippen molar-refractivity contribution in [1.29, 1.82) is 0 Å². The summed E-state index contributed by atoms with van der Waals surface area (Å²) in [7, 11) is 0. The number of furan rings is 1. The van der Waals surface area contributed by atoms with Gasteiger partial charge in [0.1, 0.15) is 26.2 Å². The molecular weight excluding hydrogens is 352 g/mol. The normalized spacial score (nSPS) is 20.1. The number of ether oxygens (including phenoxy) is 2. The molecule has 1 atom stereocenters. The molecule has 2 amide bonds. The number of rotatable bonds is 7. The van der Waals surface area contributed by atoms with Gasteiger partial charge < -0.3 is 34.3 Å². The minimum absolute atomic E-state index is 0.0292. The highest BCUT2D eigenvalue weighted by atomic mass is 16.5. The molecule has 0 radical (unpaired) electrons. The molecule has 2 fully saturated rings. The van der Waals surface area contributed by atoms with Crippen molar-refractivity contribution < 1.29 is 33.3 Å². The average Bonchev–Trinajstić information content (AvgIpc) is 3.24. The van der Waals surface area contributed by atoms with Crippen molar-refractivity contribution in [3.63, 3.8) is 0 Å². The van der Waals surface area contributed by atoms with E-state index in [0.29, 0.717) is 26.3 Å². The second kappa shape index (κ2) is 10.4. The first kappa shape index (κ1) is 19.8. The molecule has 0 unspecified atom stereocenters. The smallest absolute Gasteiger partial charge is 0.309 e. The summed E-state index contributed by atoms with van der Waals surface area (Å²) in [4.78, 5) is 26.9. The van der Waals surface area contributed by atoms with Gasteiger partial charge in [0.2, 0.25) is 0 Å². The van der Waals surface area contributed by atoms with Crippen LogP contribution in [0.2, 0.25) is 0 Å². The largest absolute Gasteiger partial charge is 0.463 e. The quantitative estimate of drug-likeness (QED) is 0.365. The Balaban J connectivity index is 1.43. The molecule has 0 bridgehead atoms. The highest BCUT2D eigenvalue weighted by Gasteiger charge is 2.29. The number of nitrogens with one attached hydrogen (secondary N) is 4. The lowest BCUT2D eigenvalue weighted by atomic mass is 10.1. The molecule has 1 aromatic heterocycles. The van der Waals surface area contributed by atoms with Crippen LogP contribution in [0.3, 0.4) is 0 Å². The highest BCUT2D eigenvalue weighted by Crippen LogP contribution is 2.09. The summed E-state index contributed by atoms with van der Waals surface area (Å²) >= 11 is 0. The molecule has 2 saturated heterocycles. The van der Waals surface area contributed by atoms with Gasteiger partial charge in [0.05, 0.1) is 52.3 Å². The lowest BCUT2D eigenvalue weighted by Crippen LogP contribution is -3.15. The van der Waals surface area contributed by atoms with Crippen molar-refractivity contribution in [2.24, 2.45) is 0 Å². The Labute approximate surface area is 158 Å². The van der Waals surface area contributed by atoms with Crippen LogP contribution in [0, 0.1) is 0 Å². The van der Waals surface area contributed by atoms with Crippen molar-refractivity contribution in [3.8, 4) is 0 Å². The zero-order chi connectivity index (χ0) is 18.9. The highest BCUT2D eigenvalue weighted by molar-refractivity contribution is 6.35. The Bertz CT molecular complexity index is 583. The second-order valence-electron chi connectivity index (χ2n) is 6.92. The van der Waals surface area contributed by atoms with Gasteiger partial charge in [-0.3, -0.25) is 9.59 Å². The van der Waals surface area contributed by atoms with Gasteiger partial charge >= 0.3 is 11.8 Å². The summed E-state index contributed by atoms with van der Waals surface area (Å²) in [6, 6.07) is 3.72. The number of carbonyl (C=O) groups is 2. The minimum Gasteiger partial charge on any atom is -0.463 e. The molecule has 1 aromatic rings. The summed E-state index contributed by atoms with van der Waals surface area (Å²) in [5.74, 6) is -0.377. The first-order chi connectivity index (χ1) is 13.2. The van der Waals surface area contributed by atoms with Crippen LogP contribution in [-0.2, 0) is 19.1 Å². The first-order valence-electron chi connectivity index (χ1n) is 9.67. The molecule has 3 heterocycles. The molecular formula is C18H30N4O5+2. The molecule has 2 aliphatic rings. The van der Waals surface area contributed by atoms with Crippen LogP contribution < -0.4 is 20.4 Å². The summed E-state index contributed by atoms with van der Waals surface area (Å²) < 4.78 is 16.3. The van der Waals surface area contributed by atoms with E-state index in [9.17, 15) is 9.59 Å². The molecule has 9 heteroatoms. The van der Waals surface area contributed by atoms with Gasteiger partial charge in [-0.05, 0) is 12.1 Å². The Morgan fingerprint density at radius 1 is 1.00 bits per heavy atom. The van der Waals surface area contributed by atoms with Crippen molar-refractivity contribution >= 4 is 11.8 Å². The predicted molar refractivity (Wildman–Crippen MR) is 95.4 cm³/mol. The molecule has 3 rings (SSSR count). The van der Waals surface area contributed by atoms with Gasteiger partial charge in [-0.15, -0.1) is 0 Å². The number of quaternary nitrogens is 2. The molecule has 0 spiro atoms. The van der Waals surface area contributed by atoms with E-state index in [4.69, 9.17) is 13.9 Å². The lowest BCUT2D eigenvalue weighted by Gasteiger charge is -2.30. The fourth-order valence-corrected chi connectivity index (χ4v) is 3.54.